The first-order chi connectivity index (χ1) is 9.58. The fourth-order valence-electron chi connectivity index (χ4n) is 1.89. The summed E-state index contributed by atoms with van der Waals surface area (Å²) in [4.78, 5) is 23.6. The van der Waals surface area contributed by atoms with Crippen molar-refractivity contribution < 1.29 is 9.85 Å². The third-order valence-corrected chi connectivity index (χ3v) is 5.32. The molecule has 100 valence electrons. The smallest absolute Gasteiger partial charge is 0.258 e. The molecule has 0 aromatic heterocycles. The van der Waals surface area contributed by atoms with Crippen molar-refractivity contribution in [3.63, 3.8) is 0 Å². The Morgan fingerprint density at radius 1 is 0.800 bits per heavy atom. The topological polar surface area (TPSA) is 86.3 Å². The second kappa shape index (κ2) is 4.80. The fraction of sp³-hybridized carbons (Fsp3) is 0. The van der Waals surface area contributed by atoms with E-state index in [0.29, 0.717) is 9.79 Å². The predicted octanol–water partition coefficient (Wildman–Crippen LogP) is 4.12. The molecule has 1 aliphatic heterocycles. The average molecular weight is 306 g/mol. The van der Waals surface area contributed by atoms with Gasteiger partial charge in [0.25, 0.3) is 0 Å². The van der Waals surface area contributed by atoms with Crippen LogP contribution in [0.25, 0.3) is 0 Å². The molecule has 1 aliphatic rings. The maximum Gasteiger partial charge on any atom is 0.360 e. The van der Waals surface area contributed by atoms with Crippen LogP contribution in [0.5, 0.6) is 0 Å². The van der Waals surface area contributed by atoms with E-state index in [4.69, 9.17) is 0 Å². The number of rotatable bonds is 2. The van der Waals surface area contributed by atoms with Gasteiger partial charge in [0.1, 0.15) is 4.90 Å². The highest BCUT2D eigenvalue weighted by Crippen LogP contribution is 2.53. The summed E-state index contributed by atoms with van der Waals surface area (Å²) in [5, 5.41) is 22.1. The highest BCUT2D eigenvalue weighted by Gasteiger charge is 2.33. The van der Waals surface area contributed by atoms with Gasteiger partial charge in [0.05, 0.1) is 9.85 Å². The van der Waals surface area contributed by atoms with Gasteiger partial charge in [0.15, 0.2) is 0 Å². The zero-order chi connectivity index (χ0) is 14.3. The summed E-state index contributed by atoms with van der Waals surface area (Å²) in [7, 11) is 0. The zero-order valence-corrected chi connectivity index (χ0v) is 11.4. The minimum absolute atomic E-state index is 0.341. The average Bonchev–Trinajstić information content (AvgIpc) is 2.43. The first-order valence-corrected chi connectivity index (χ1v) is 7.12. The SMILES string of the molecule is O=[N+]([O-])c1ccc2c(c1[N+](=O)[O-])Sc1ccccc1S2. The summed E-state index contributed by atoms with van der Waals surface area (Å²) in [6.07, 6.45) is 0. The van der Waals surface area contributed by atoms with Gasteiger partial charge in [0.2, 0.25) is 0 Å². The van der Waals surface area contributed by atoms with E-state index in [0.717, 1.165) is 9.79 Å². The lowest BCUT2D eigenvalue weighted by atomic mass is 10.2. The number of nitro groups is 2. The lowest BCUT2D eigenvalue weighted by Gasteiger charge is -2.17. The molecule has 0 atom stereocenters. The summed E-state index contributed by atoms with van der Waals surface area (Å²) in [6.45, 7) is 0. The van der Waals surface area contributed by atoms with E-state index in [2.05, 4.69) is 0 Å². The number of nitrogens with zero attached hydrogens (tertiary/aromatic N) is 2. The molecular formula is C12H6N2O4S2. The van der Waals surface area contributed by atoms with E-state index in [9.17, 15) is 20.2 Å². The van der Waals surface area contributed by atoms with Crippen molar-refractivity contribution in [1.29, 1.82) is 0 Å². The lowest BCUT2D eigenvalue weighted by Crippen LogP contribution is -2.01. The maximum absolute atomic E-state index is 11.2. The predicted molar refractivity (Wildman–Crippen MR) is 74.4 cm³/mol. The minimum Gasteiger partial charge on any atom is -0.258 e. The number of fused-ring (bicyclic) bond motifs is 2. The Bertz CT molecular complexity index is 748. The fourth-order valence-corrected chi connectivity index (χ4v) is 4.25. The van der Waals surface area contributed by atoms with Gasteiger partial charge in [-0.1, -0.05) is 35.7 Å². The molecule has 20 heavy (non-hydrogen) atoms. The van der Waals surface area contributed by atoms with Crippen LogP contribution in [0.15, 0.2) is 56.0 Å². The van der Waals surface area contributed by atoms with Crippen molar-refractivity contribution in [3.8, 4) is 0 Å². The first kappa shape index (κ1) is 12.9. The molecule has 0 aliphatic carbocycles. The molecule has 6 nitrogen and oxygen atoms in total. The van der Waals surface area contributed by atoms with E-state index >= 15 is 0 Å². The highest BCUT2D eigenvalue weighted by molar-refractivity contribution is 8.05. The van der Waals surface area contributed by atoms with Crippen molar-refractivity contribution in [2.24, 2.45) is 0 Å². The van der Waals surface area contributed by atoms with Crippen molar-refractivity contribution in [3.05, 3.63) is 56.6 Å². The van der Waals surface area contributed by atoms with Crippen LogP contribution in [0.4, 0.5) is 11.4 Å². The molecule has 0 unspecified atom stereocenters. The van der Waals surface area contributed by atoms with Crippen molar-refractivity contribution in [2.75, 3.05) is 0 Å². The molecule has 0 bridgehead atoms. The van der Waals surface area contributed by atoms with Crippen LogP contribution in [0.1, 0.15) is 0 Å². The summed E-state index contributed by atoms with van der Waals surface area (Å²) >= 11 is 2.59. The first-order valence-electron chi connectivity index (χ1n) is 5.48. The number of hydrogen-bond acceptors (Lipinski definition) is 6. The van der Waals surface area contributed by atoms with Crippen molar-refractivity contribution >= 4 is 34.9 Å². The largest absolute Gasteiger partial charge is 0.360 e. The molecule has 2 aromatic rings. The molecule has 0 amide bonds. The van der Waals surface area contributed by atoms with Crippen LogP contribution in [-0.2, 0) is 0 Å². The maximum atomic E-state index is 11.2. The van der Waals surface area contributed by atoms with Gasteiger partial charge in [-0.15, -0.1) is 0 Å². The molecule has 0 fully saturated rings. The van der Waals surface area contributed by atoms with Crippen LogP contribution in [0.2, 0.25) is 0 Å². The zero-order valence-electron chi connectivity index (χ0n) is 9.81. The van der Waals surface area contributed by atoms with Gasteiger partial charge in [0, 0.05) is 20.8 Å². The molecule has 0 saturated heterocycles. The molecule has 0 saturated carbocycles. The monoisotopic (exact) mass is 306 g/mol. The third kappa shape index (κ3) is 2.02. The second-order valence-corrected chi connectivity index (χ2v) is 6.06. The van der Waals surface area contributed by atoms with Gasteiger partial charge in [-0.25, -0.2) is 0 Å². The Kier molecular flexibility index (Phi) is 3.11. The molecule has 0 radical (unpaired) electrons. The van der Waals surface area contributed by atoms with Gasteiger partial charge in [-0.2, -0.15) is 0 Å². The number of hydrogen-bond donors (Lipinski definition) is 0. The molecule has 1 heterocycles. The van der Waals surface area contributed by atoms with Gasteiger partial charge < -0.3 is 0 Å². The van der Waals surface area contributed by atoms with Gasteiger partial charge in [-0.3, -0.25) is 20.2 Å². The molecule has 8 heteroatoms. The van der Waals surface area contributed by atoms with Crippen LogP contribution in [0, 0.1) is 20.2 Å². The Hall–Kier alpha value is -2.06. The van der Waals surface area contributed by atoms with E-state index in [1.54, 1.807) is 6.07 Å². The molecule has 2 aromatic carbocycles. The number of benzene rings is 2. The van der Waals surface area contributed by atoms with Gasteiger partial charge in [-0.05, 0) is 18.2 Å². The summed E-state index contributed by atoms with van der Waals surface area (Å²) < 4.78 is 0. The summed E-state index contributed by atoms with van der Waals surface area (Å²) in [5.74, 6) is 0. The Morgan fingerprint density at radius 2 is 1.45 bits per heavy atom. The second-order valence-electron chi connectivity index (χ2n) is 3.93. The van der Waals surface area contributed by atoms with Crippen molar-refractivity contribution in [1.82, 2.24) is 0 Å². The number of nitro benzene ring substituents is 2. The highest BCUT2D eigenvalue weighted by atomic mass is 32.2. The Labute approximate surface area is 121 Å². The quantitative estimate of drug-likeness (QED) is 0.523. The standard InChI is InChI=1S/C12H6N2O4S2/c15-13(16)7-5-6-10-12(11(7)14(17)18)20-9-4-2-1-3-8(9)19-10/h1-6H. The van der Waals surface area contributed by atoms with Crippen LogP contribution in [0.3, 0.4) is 0 Å². The summed E-state index contributed by atoms with van der Waals surface area (Å²) in [5.41, 5.74) is -0.902. The molecular weight excluding hydrogens is 300 g/mol. The van der Waals surface area contributed by atoms with Gasteiger partial charge >= 0.3 is 11.4 Å². The van der Waals surface area contributed by atoms with Crippen LogP contribution < -0.4 is 0 Å². The van der Waals surface area contributed by atoms with E-state index < -0.39 is 21.2 Å². The van der Waals surface area contributed by atoms with E-state index in [1.165, 1.54) is 29.6 Å². The normalized spacial score (nSPS) is 12.4. The molecule has 0 spiro atoms. The minimum atomic E-state index is -0.718. The molecule has 3 rings (SSSR count). The van der Waals surface area contributed by atoms with Crippen molar-refractivity contribution in [2.45, 2.75) is 19.6 Å². The Morgan fingerprint density at radius 3 is 2.05 bits per heavy atom. The third-order valence-electron chi connectivity index (χ3n) is 2.73. The van der Waals surface area contributed by atoms with Crippen LogP contribution >= 0.6 is 23.5 Å². The summed E-state index contributed by atoms with van der Waals surface area (Å²) in [6, 6.07) is 10.2. The lowest BCUT2D eigenvalue weighted by molar-refractivity contribution is -0.424. The molecule has 0 N–H and O–H groups in total. The van der Waals surface area contributed by atoms with Crippen LogP contribution in [-0.4, -0.2) is 9.85 Å². The van der Waals surface area contributed by atoms with E-state index in [-0.39, 0.29) is 0 Å². The van der Waals surface area contributed by atoms with E-state index in [1.807, 2.05) is 24.3 Å². The Balaban J connectivity index is 2.21.